The molecule has 3 rings (SSSR count). The Kier molecular flexibility index (Phi) is 7.32. The summed E-state index contributed by atoms with van der Waals surface area (Å²) in [5.41, 5.74) is 1.16. The van der Waals surface area contributed by atoms with E-state index >= 15 is 0 Å². The van der Waals surface area contributed by atoms with Crippen molar-refractivity contribution in [2.24, 2.45) is 0 Å². The fourth-order valence-corrected chi connectivity index (χ4v) is 3.94. The lowest BCUT2D eigenvalue weighted by Crippen LogP contribution is -2.29. The van der Waals surface area contributed by atoms with Gasteiger partial charge in [-0.3, -0.25) is 0 Å². The van der Waals surface area contributed by atoms with Gasteiger partial charge in [-0.2, -0.15) is 0 Å². The van der Waals surface area contributed by atoms with Gasteiger partial charge in [0.05, 0.1) is 12.6 Å². The number of benzene rings is 1. The molecule has 1 fully saturated rings. The van der Waals surface area contributed by atoms with E-state index in [4.69, 9.17) is 9.72 Å². The second kappa shape index (κ2) is 9.94. The highest BCUT2D eigenvalue weighted by Crippen LogP contribution is 2.26. The summed E-state index contributed by atoms with van der Waals surface area (Å²) in [6, 6.07) is 14.1. The van der Waals surface area contributed by atoms with Crippen LogP contribution in [0, 0.1) is 0 Å². The third-order valence-electron chi connectivity index (χ3n) is 5.46. The lowest BCUT2D eigenvalue weighted by Gasteiger charge is -2.23. The first-order chi connectivity index (χ1) is 14.3. The Morgan fingerprint density at radius 1 is 1.27 bits per heavy atom. The van der Waals surface area contributed by atoms with Gasteiger partial charge in [0.1, 0.15) is 29.3 Å². The fourth-order valence-electron chi connectivity index (χ4n) is 3.94. The highest BCUT2D eigenvalue weighted by atomic mass is 16.5. The monoisotopic (exact) mass is 411 g/mol. The molecule has 1 aromatic heterocycles. The Bertz CT molecular complexity index is 838. The summed E-state index contributed by atoms with van der Waals surface area (Å²) in [6.45, 7) is 7.72. The first-order valence-electron chi connectivity index (χ1n) is 10.7. The van der Waals surface area contributed by atoms with Gasteiger partial charge in [-0.15, -0.1) is 0 Å². The van der Waals surface area contributed by atoms with Gasteiger partial charge in [0.15, 0.2) is 0 Å². The van der Waals surface area contributed by atoms with E-state index in [0.717, 1.165) is 42.5 Å². The Balaban J connectivity index is 1.57. The number of anilines is 2. The summed E-state index contributed by atoms with van der Waals surface area (Å²) in [6.07, 6.45) is 1.22. The minimum atomic E-state index is -0.401. The molecule has 0 amide bonds. The van der Waals surface area contributed by atoms with Gasteiger partial charge in [0, 0.05) is 33.0 Å². The molecule has 1 aromatic carbocycles. The molecule has 1 aliphatic heterocycles. The highest BCUT2D eigenvalue weighted by molar-refractivity contribution is 5.76. The van der Waals surface area contributed by atoms with Gasteiger partial charge in [0.2, 0.25) is 0 Å². The van der Waals surface area contributed by atoms with Crippen LogP contribution >= 0.6 is 0 Å². The number of carbonyl (C=O) groups excluding carboxylic acids is 1. The van der Waals surface area contributed by atoms with Gasteiger partial charge in [-0.05, 0) is 49.6 Å². The van der Waals surface area contributed by atoms with Crippen molar-refractivity contribution in [1.82, 2.24) is 4.98 Å². The van der Waals surface area contributed by atoms with Crippen LogP contribution in [0.3, 0.4) is 0 Å². The Labute approximate surface area is 179 Å². The Hall–Kier alpha value is -2.60. The zero-order valence-electron chi connectivity index (χ0n) is 18.4. The SMILES string of the molecule is CC(=O)C[C@@H](C)c1ccc(O[C@@H]2CCN(c3cccc(N(C)CC(C)O)n3)C2)cc1. The molecule has 0 radical (unpaired) electrons. The van der Waals surface area contributed by atoms with Crippen molar-refractivity contribution < 1.29 is 14.6 Å². The second-order valence-corrected chi connectivity index (χ2v) is 8.43. The van der Waals surface area contributed by atoms with Crippen molar-refractivity contribution in [2.75, 3.05) is 36.5 Å². The van der Waals surface area contributed by atoms with E-state index in [9.17, 15) is 9.90 Å². The molecule has 6 heteroatoms. The molecule has 1 N–H and O–H groups in total. The Morgan fingerprint density at radius 3 is 2.67 bits per heavy atom. The second-order valence-electron chi connectivity index (χ2n) is 8.43. The summed E-state index contributed by atoms with van der Waals surface area (Å²) in [7, 11) is 1.94. The number of likely N-dealkylation sites (N-methyl/N-ethyl adjacent to an activating group) is 1. The number of ketones is 1. The third-order valence-corrected chi connectivity index (χ3v) is 5.46. The normalized spacial score (nSPS) is 18.2. The maximum atomic E-state index is 11.3. The maximum absolute atomic E-state index is 11.3. The number of ether oxygens (including phenoxy) is 1. The van der Waals surface area contributed by atoms with Gasteiger partial charge < -0.3 is 24.4 Å². The molecule has 1 saturated heterocycles. The maximum Gasteiger partial charge on any atom is 0.131 e. The summed E-state index contributed by atoms with van der Waals surface area (Å²) < 4.78 is 6.19. The van der Waals surface area contributed by atoms with E-state index in [2.05, 4.69) is 24.0 Å². The van der Waals surface area contributed by atoms with Crippen LogP contribution in [0.25, 0.3) is 0 Å². The molecule has 0 saturated carbocycles. The van der Waals surface area contributed by atoms with Crippen molar-refractivity contribution in [2.45, 2.75) is 51.7 Å². The first kappa shape index (κ1) is 22.1. The third kappa shape index (κ3) is 5.95. The van der Waals surface area contributed by atoms with Gasteiger partial charge in [-0.1, -0.05) is 25.1 Å². The smallest absolute Gasteiger partial charge is 0.131 e. The Morgan fingerprint density at radius 2 is 2.00 bits per heavy atom. The minimum absolute atomic E-state index is 0.117. The minimum Gasteiger partial charge on any atom is -0.489 e. The number of aliphatic hydroxyl groups excluding tert-OH is 1. The number of pyridine rings is 1. The summed E-state index contributed by atoms with van der Waals surface area (Å²) >= 11 is 0. The summed E-state index contributed by atoms with van der Waals surface area (Å²) in [4.78, 5) is 20.3. The molecular weight excluding hydrogens is 378 g/mol. The number of aromatic nitrogens is 1. The van der Waals surface area contributed by atoms with E-state index in [1.54, 1.807) is 13.8 Å². The molecule has 1 unspecified atom stereocenters. The average molecular weight is 412 g/mol. The number of Topliss-reactive ketones (excluding diaryl/α,β-unsaturated/α-hetero) is 1. The summed E-state index contributed by atoms with van der Waals surface area (Å²) in [5.74, 6) is 3.09. The van der Waals surface area contributed by atoms with Crippen molar-refractivity contribution in [3.05, 3.63) is 48.0 Å². The molecule has 2 heterocycles. The molecule has 162 valence electrons. The van der Waals surface area contributed by atoms with E-state index in [1.807, 2.05) is 42.3 Å². The molecule has 3 atom stereocenters. The predicted octanol–water partition coefficient (Wildman–Crippen LogP) is 3.64. The van der Waals surface area contributed by atoms with Crippen LogP contribution in [0.2, 0.25) is 0 Å². The van der Waals surface area contributed by atoms with Crippen LogP contribution in [0.1, 0.15) is 45.1 Å². The molecule has 0 spiro atoms. The molecule has 6 nitrogen and oxygen atoms in total. The van der Waals surface area contributed by atoms with Gasteiger partial charge in [0.25, 0.3) is 0 Å². The van der Waals surface area contributed by atoms with E-state index in [-0.39, 0.29) is 17.8 Å². The molecule has 0 bridgehead atoms. The first-order valence-corrected chi connectivity index (χ1v) is 10.7. The number of carbonyl (C=O) groups is 1. The van der Waals surface area contributed by atoms with Crippen molar-refractivity contribution in [3.8, 4) is 5.75 Å². The topological polar surface area (TPSA) is 65.9 Å². The number of aliphatic hydroxyl groups is 1. The highest BCUT2D eigenvalue weighted by Gasteiger charge is 2.25. The molecule has 30 heavy (non-hydrogen) atoms. The quantitative estimate of drug-likeness (QED) is 0.680. The lowest BCUT2D eigenvalue weighted by molar-refractivity contribution is -0.117. The van der Waals surface area contributed by atoms with E-state index in [0.29, 0.717) is 13.0 Å². The van der Waals surface area contributed by atoms with Crippen LogP contribution in [-0.2, 0) is 4.79 Å². The lowest BCUT2D eigenvalue weighted by atomic mass is 9.96. The van der Waals surface area contributed by atoms with Crippen molar-refractivity contribution in [1.29, 1.82) is 0 Å². The number of rotatable bonds is 9. The van der Waals surface area contributed by atoms with Crippen LogP contribution in [0.15, 0.2) is 42.5 Å². The fraction of sp³-hybridized carbons (Fsp3) is 0.500. The molecule has 0 aliphatic carbocycles. The van der Waals surface area contributed by atoms with E-state index in [1.165, 1.54) is 0 Å². The van der Waals surface area contributed by atoms with Gasteiger partial charge >= 0.3 is 0 Å². The van der Waals surface area contributed by atoms with Crippen LogP contribution in [0.4, 0.5) is 11.6 Å². The van der Waals surface area contributed by atoms with Crippen LogP contribution in [-0.4, -0.2) is 54.8 Å². The number of hydrogen-bond donors (Lipinski definition) is 1. The molecular formula is C24H33N3O3. The predicted molar refractivity (Wildman–Crippen MR) is 121 cm³/mol. The summed E-state index contributed by atoms with van der Waals surface area (Å²) in [5, 5.41) is 9.61. The van der Waals surface area contributed by atoms with Crippen LogP contribution in [0.5, 0.6) is 5.75 Å². The van der Waals surface area contributed by atoms with Crippen LogP contribution < -0.4 is 14.5 Å². The van der Waals surface area contributed by atoms with E-state index < -0.39 is 6.10 Å². The van der Waals surface area contributed by atoms with Gasteiger partial charge in [-0.25, -0.2) is 4.98 Å². The standard InChI is InChI=1S/C24H33N3O3/c1-17(14-18(2)28)20-8-10-21(11-9-20)30-22-12-13-27(16-22)24-7-5-6-23(25-24)26(4)15-19(3)29/h5-11,17,19,22,29H,12-16H2,1-4H3/t17-,19?,22-/m1/s1. The number of nitrogens with zero attached hydrogens (tertiary/aromatic N) is 3. The zero-order chi connectivity index (χ0) is 21.7. The largest absolute Gasteiger partial charge is 0.489 e. The number of hydrogen-bond acceptors (Lipinski definition) is 6. The van der Waals surface area contributed by atoms with Crippen molar-refractivity contribution in [3.63, 3.8) is 0 Å². The average Bonchev–Trinajstić information content (AvgIpc) is 3.16. The molecule has 1 aliphatic rings. The zero-order valence-corrected chi connectivity index (χ0v) is 18.4. The molecule has 2 aromatic rings. The van der Waals surface area contributed by atoms with Crippen molar-refractivity contribution >= 4 is 17.4 Å².